The molecular formula is C36H62O6. The first kappa shape index (κ1) is 39.8. The Hall–Kier alpha value is -2.18. The molecule has 0 aliphatic rings. The molecule has 0 unspecified atom stereocenters. The van der Waals surface area contributed by atoms with Crippen LogP contribution in [0.15, 0.2) is 48.6 Å². The molecule has 242 valence electrons. The van der Waals surface area contributed by atoms with Crippen LogP contribution in [0.1, 0.15) is 142 Å². The molecule has 0 aromatic rings. The highest BCUT2D eigenvalue weighted by Crippen LogP contribution is 2.12. The molecule has 0 aromatic heterocycles. The van der Waals surface area contributed by atoms with E-state index in [2.05, 4.69) is 38.2 Å². The standard InChI is InChI=1S/C36H62O6/c1-3-5-7-9-11-13-15-16-17-18-20-22-24-27-33(38)28-26-30-36(40)42-34(31-37)32-41-35(39)29-25-23-21-19-14-12-10-8-6-4-2/h11,13,16-17,20,22,24,27,33-34,37-38H,3-10,12,14-15,18-19,21,23,25-26,28-32H2,1-2H3/b13-11-,17-16-,22-20-,27-24+/t33-,34-/m0/s1. The molecule has 0 spiro atoms. The van der Waals surface area contributed by atoms with Crippen molar-refractivity contribution in [3.05, 3.63) is 48.6 Å². The van der Waals surface area contributed by atoms with Gasteiger partial charge in [0.05, 0.1) is 12.7 Å². The number of esters is 2. The van der Waals surface area contributed by atoms with Gasteiger partial charge in [-0.25, -0.2) is 0 Å². The van der Waals surface area contributed by atoms with Crippen molar-refractivity contribution in [1.82, 2.24) is 0 Å². The van der Waals surface area contributed by atoms with Gasteiger partial charge in [0, 0.05) is 12.8 Å². The van der Waals surface area contributed by atoms with Gasteiger partial charge in [0.15, 0.2) is 6.10 Å². The van der Waals surface area contributed by atoms with E-state index >= 15 is 0 Å². The van der Waals surface area contributed by atoms with Crippen molar-refractivity contribution in [2.45, 2.75) is 154 Å². The fourth-order valence-electron chi connectivity index (χ4n) is 4.36. The third kappa shape index (κ3) is 29.3. The van der Waals surface area contributed by atoms with E-state index in [9.17, 15) is 19.8 Å². The predicted molar refractivity (Wildman–Crippen MR) is 174 cm³/mol. The molecule has 0 rings (SSSR count). The van der Waals surface area contributed by atoms with E-state index in [1.165, 1.54) is 64.2 Å². The van der Waals surface area contributed by atoms with E-state index in [1.54, 1.807) is 6.08 Å². The molecule has 0 saturated heterocycles. The maximum absolute atomic E-state index is 12.1. The van der Waals surface area contributed by atoms with Gasteiger partial charge in [0.1, 0.15) is 6.61 Å². The smallest absolute Gasteiger partial charge is 0.306 e. The van der Waals surface area contributed by atoms with Crippen molar-refractivity contribution in [3.63, 3.8) is 0 Å². The van der Waals surface area contributed by atoms with Crippen LogP contribution >= 0.6 is 0 Å². The number of aliphatic hydroxyl groups is 2. The molecule has 0 fully saturated rings. The second-order valence-corrected chi connectivity index (χ2v) is 11.1. The number of carbonyl (C=O) groups is 2. The van der Waals surface area contributed by atoms with Crippen LogP contribution in [0.2, 0.25) is 0 Å². The molecule has 0 aliphatic carbocycles. The van der Waals surface area contributed by atoms with Gasteiger partial charge in [0.25, 0.3) is 0 Å². The quantitative estimate of drug-likeness (QED) is 0.0391. The Morgan fingerprint density at radius 2 is 1.24 bits per heavy atom. The number of allylic oxidation sites excluding steroid dienone is 7. The monoisotopic (exact) mass is 590 g/mol. The van der Waals surface area contributed by atoms with Crippen molar-refractivity contribution >= 4 is 11.9 Å². The molecule has 0 saturated carbocycles. The van der Waals surface area contributed by atoms with Crippen molar-refractivity contribution in [2.24, 2.45) is 0 Å². The zero-order valence-corrected chi connectivity index (χ0v) is 26.9. The zero-order valence-electron chi connectivity index (χ0n) is 26.9. The normalized spacial score (nSPS) is 13.5. The van der Waals surface area contributed by atoms with Gasteiger partial charge in [0.2, 0.25) is 0 Å². The number of rotatable bonds is 29. The van der Waals surface area contributed by atoms with Crippen LogP contribution in [0.25, 0.3) is 0 Å². The fourth-order valence-corrected chi connectivity index (χ4v) is 4.36. The number of carbonyl (C=O) groups excluding carboxylic acids is 2. The van der Waals surface area contributed by atoms with Gasteiger partial charge < -0.3 is 19.7 Å². The number of hydrogen-bond acceptors (Lipinski definition) is 6. The largest absolute Gasteiger partial charge is 0.462 e. The first-order valence-corrected chi connectivity index (χ1v) is 16.8. The van der Waals surface area contributed by atoms with Crippen molar-refractivity contribution in [1.29, 1.82) is 0 Å². The van der Waals surface area contributed by atoms with Gasteiger partial charge in [-0.05, 0) is 44.9 Å². The van der Waals surface area contributed by atoms with Gasteiger partial charge in [-0.15, -0.1) is 0 Å². The lowest BCUT2D eigenvalue weighted by Crippen LogP contribution is -2.28. The molecule has 0 bridgehead atoms. The van der Waals surface area contributed by atoms with E-state index in [4.69, 9.17) is 9.47 Å². The summed E-state index contributed by atoms with van der Waals surface area (Å²) in [4.78, 5) is 24.1. The van der Waals surface area contributed by atoms with E-state index in [-0.39, 0.29) is 19.0 Å². The molecule has 42 heavy (non-hydrogen) atoms. The minimum atomic E-state index is -0.861. The minimum Gasteiger partial charge on any atom is -0.462 e. The Morgan fingerprint density at radius 1 is 0.667 bits per heavy atom. The summed E-state index contributed by atoms with van der Waals surface area (Å²) in [6.07, 6.45) is 34.8. The molecule has 0 heterocycles. The summed E-state index contributed by atoms with van der Waals surface area (Å²) in [5.41, 5.74) is 0. The molecule has 6 heteroatoms. The summed E-state index contributed by atoms with van der Waals surface area (Å²) in [5.74, 6) is -0.798. The summed E-state index contributed by atoms with van der Waals surface area (Å²) in [7, 11) is 0. The van der Waals surface area contributed by atoms with Crippen LogP contribution < -0.4 is 0 Å². The van der Waals surface area contributed by atoms with Gasteiger partial charge in [-0.2, -0.15) is 0 Å². The second kappa shape index (κ2) is 31.7. The Bertz CT molecular complexity index is 739. The maximum atomic E-state index is 12.1. The Labute approximate surface area is 257 Å². The zero-order chi connectivity index (χ0) is 30.9. The van der Waals surface area contributed by atoms with Crippen LogP contribution in [0, 0.1) is 0 Å². The SMILES string of the molecule is CCCCC/C=C\C/C=C\C/C=C\C=C\[C@H](O)CCCC(=O)O[C@@H](CO)COC(=O)CCCCCCCCCCCC. The topological polar surface area (TPSA) is 93.1 Å². The average Bonchev–Trinajstić information content (AvgIpc) is 2.98. The molecule has 6 nitrogen and oxygen atoms in total. The molecule has 0 amide bonds. The van der Waals surface area contributed by atoms with Crippen molar-refractivity contribution in [2.75, 3.05) is 13.2 Å². The van der Waals surface area contributed by atoms with E-state index in [1.807, 2.05) is 18.2 Å². The number of aliphatic hydroxyl groups excluding tert-OH is 2. The van der Waals surface area contributed by atoms with Gasteiger partial charge in [-0.1, -0.05) is 133 Å². The number of unbranched alkanes of at least 4 members (excludes halogenated alkanes) is 12. The summed E-state index contributed by atoms with van der Waals surface area (Å²) in [5, 5.41) is 19.6. The van der Waals surface area contributed by atoms with Crippen molar-refractivity contribution < 1.29 is 29.3 Å². The maximum Gasteiger partial charge on any atom is 0.306 e. The Balaban J connectivity index is 3.85. The summed E-state index contributed by atoms with van der Waals surface area (Å²) < 4.78 is 10.4. The Morgan fingerprint density at radius 3 is 1.90 bits per heavy atom. The molecule has 2 atom stereocenters. The van der Waals surface area contributed by atoms with Gasteiger partial charge >= 0.3 is 11.9 Å². The minimum absolute atomic E-state index is 0.127. The highest BCUT2D eigenvalue weighted by molar-refractivity contribution is 5.70. The average molecular weight is 591 g/mol. The first-order chi connectivity index (χ1) is 20.5. The lowest BCUT2D eigenvalue weighted by molar-refractivity contribution is -0.161. The molecule has 0 radical (unpaired) electrons. The third-order valence-corrected chi connectivity index (χ3v) is 6.98. The second-order valence-electron chi connectivity index (χ2n) is 11.1. The molecule has 0 aliphatic heterocycles. The summed E-state index contributed by atoms with van der Waals surface area (Å²) >= 11 is 0. The predicted octanol–water partition coefficient (Wildman–Crippen LogP) is 8.86. The van der Waals surface area contributed by atoms with Crippen LogP contribution in [0.4, 0.5) is 0 Å². The van der Waals surface area contributed by atoms with Crippen LogP contribution in [-0.2, 0) is 19.1 Å². The lowest BCUT2D eigenvalue weighted by atomic mass is 10.1. The summed E-state index contributed by atoms with van der Waals surface area (Å²) in [6.45, 7) is 3.90. The van der Waals surface area contributed by atoms with E-state index < -0.39 is 24.8 Å². The number of ether oxygens (including phenoxy) is 2. The highest BCUT2D eigenvalue weighted by atomic mass is 16.6. The van der Waals surface area contributed by atoms with Crippen LogP contribution in [0.3, 0.4) is 0 Å². The lowest BCUT2D eigenvalue weighted by Gasteiger charge is -2.16. The fraction of sp³-hybridized carbons (Fsp3) is 0.722. The molecular weight excluding hydrogens is 528 g/mol. The molecule has 2 N–H and O–H groups in total. The third-order valence-electron chi connectivity index (χ3n) is 6.98. The summed E-state index contributed by atoms with van der Waals surface area (Å²) in [6, 6.07) is 0. The van der Waals surface area contributed by atoms with Crippen molar-refractivity contribution in [3.8, 4) is 0 Å². The van der Waals surface area contributed by atoms with E-state index in [0.29, 0.717) is 19.3 Å². The first-order valence-electron chi connectivity index (χ1n) is 16.8. The van der Waals surface area contributed by atoms with Crippen LogP contribution in [0.5, 0.6) is 0 Å². The molecule has 0 aromatic carbocycles. The van der Waals surface area contributed by atoms with E-state index in [0.717, 1.165) is 38.5 Å². The van der Waals surface area contributed by atoms with Crippen LogP contribution in [-0.4, -0.2) is 47.6 Å². The van der Waals surface area contributed by atoms with Gasteiger partial charge in [-0.3, -0.25) is 9.59 Å². The highest BCUT2D eigenvalue weighted by Gasteiger charge is 2.16. The Kier molecular flexibility index (Phi) is 30.1. The number of hydrogen-bond donors (Lipinski definition) is 2.